The van der Waals surface area contributed by atoms with Crippen LogP contribution in [0, 0.1) is 5.82 Å². The number of anilines is 2. The number of benzene rings is 1. The van der Waals surface area contributed by atoms with Crippen LogP contribution in [0.1, 0.15) is 40.9 Å². The van der Waals surface area contributed by atoms with Gasteiger partial charge in [-0.05, 0) is 55.7 Å². The van der Waals surface area contributed by atoms with E-state index >= 15 is 0 Å². The maximum absolute atomic E-state index is 14.8. The van der Waals surface area contributed by atoms with Crippen molar-refractivity contribution in [3.05, 3.63) is 53.1 Å². The number of rotatable bonds is 5. The fraction of sp³-hybridized carbons (Fsp3) is 0.333. The number of nitrogens with zero attached hydrogens (tertiary/aromatic N) is 4. The molecule has 3 heterocycles. The van der Waals surface area contributed by atoms with E-state index in [0.29, 0.717) is 19.3 Å². The number of hydrogen-bond acceptors (Lipinski definition) is 7. The molecule has 2 aromatic rings. The number of halogens is 4. The highest BCUT2D eigenvalue weighted by molar-refractivity contribution is 8.14. The minimum atomic E-state index is -4.90. The van der Waals surface area contributed by atoms with E-state index < -0.39 is 52.6 Å². The molecule has 2 aliphatic heterocycles. The lowest BCUT2D eigenvalue weighted by Gasteiger charge is -2.43. The maximum Gasteiger partial charge on any atom is 0.418 e. The molecule has 1 aliphatic carbocycles. The number of alkyl halides is 3. The number of hydrogen-bond donors (Lipinski definition) is 2. The molecule has 9 nitrogen and oxygen atoms in total. The number of aromatic nitrogens is 1. The van der Waals surface area contributed by atoms with Crippen molar-refractivity contribution >= 4 is 63.3 Å². The number of thioether (sulfide) groups is 1. The number of pyridine rings is 1. The molecule has 5 rings (SSSR count). The van der Waals surface area contributed by atoms with Gasteiger partial charge in [0.05, 0.1) is 23.0 Å². The summed E-state index contributed by atoms with van der Waals surface area (Å²) in [5.74, 6) is -3.37. The molecule has 2 N–H and O–H groups in total. The lowest BCUT2D eigenvalue weighted by Crippen LogP contribution is -2.55. The Morgan fingerprint density at radius 1 is 1.23 bits per heavy atom. The quantitative estimate of drug-likeness (QED) is 0.407. The molecule has 1 aromatic heterocycles. The molecular formula is C24H19F4N5O4S2. The van der Waals surface area contributed by atoms with Crippen LogP contribution in [0.4, 0.5) is 28.9 Å². The lowest BCUT2D eigenvalue weighted by atomic mass is 9.75. The fourth-order valence-corrected chi connectivity index (χ4v) is 6.26. The normalized spacial score (nSPS) is 20.3. The molecule has 204 valence electrons. The standard InChI is InChI=1S/C24H19F4N5O4S2/c1-29-18(34)13-4-3-11(8-15(13)25)33-22(38)32(21(37)23(33)5-2-6-23)12-7-14(24(26,27)28)17(30-9-12)19-31-16(10-39-19)20(35)36/h3-4,7-9,16H,2,5-6,10H2,1H3,(H,29,34)(H,35,36). The zero-order valence-electron chi connectivity index (χ0n) is 20.1. The number of amides is 2. The zero-order chi connectivity index (χ0) is 28.3. The molecular weight excluding hydrogens is 562 g/mol. The highest BCUT2D eigenvalue weighted by Gasteiger charge is 2.60. The second-order valence-electron chi connectivity index (χ2n) is 9.07. The summed E-state index contributed by atoms with van der Waals surface area (Å²) < 4.78 is 57.2. The van der Waals surface area contributed by atoms with E-state index in [2.05, 4.69) is 15.3 Å². The Hall–Kier alpha value is -3.59. The highest BCUT2D eigenvalue weighted by Crippen LogP contribution is 2.48. The van der Waals surface area contributed by atoms with Crippen molar-refractivity contribution in [2.45, 2.75) is 37.0 Å². The number of aliphatic carboxylic acids is 1. The van der Waals surface area contributed by atoms with Gasteiger partial charge in [-0.3, -0.25) is 24.5 Å². The summed E-state index contributed by atoms with van der Waals surface area (Å²) in [6, 6.07) is 3.27. The number of carbonyl (C=O) groups excluding carboxylic acids is 2. The molecule has 1 unspecified atom stereocenters. The van der Waals surface area contributed by atoms with Gasteiger partial charge in [-0.15, -0.1) is 11.8 Å². The average Bonchev–Trinajstić information content (AvgIpc) is 3.43. The maximum atomic E-state index is 14.8. The van der Waals surface area contributed by atoms with Gasteiger partial charge in [0.15, 0.2) is 11.2 Å². The highest BCUT2D eigenvalue weighted by atomic mass is 32.2. The molecule has 15 heteroatoms. The van der Waals surface area contributed by atoms with Crippen molar-refractivity contribution in [3.8, 4) is 0 Å². The summed E-state index contributed by atoms with van der Waals surface area (Å²) in [7, 11) is 1.35. The molecule has 0 radical (unpaired) electrons. The topological polar surface area (TPSA) is 115 Å². The van der Waals surface area contributed by atoms with Crippen LogP contribution in [0.5, 0.6) is 0 Å². The van der Waals surface area contributed by atoms with E-state index in [1.807, 2.05) is 0 Å². The second-order valence-corrected chi connectivity index (χ2v) is 10.4. The summed E-state index contributed by atoms with van der Waals surface area (Å²) in [5, 5.41) is 11.2. The fourth-order valence-electron chi connectivity index (χ4n) is 4.76. The van der Waals surface area contributed by atoms with Crippen molar-refractivity contribution in [2.75, 3.05) is 22.6 Å². The van der Waals surface area contributed by atoms with Gasteiger partial charge < -0.3 is 15.3 Å². The number of carboxylic acid groups (broad SMARTS) is 1. The predicted molar refractivity (Wildman–Crippen MR) is 139 cm³/mol. The van der Waals surface area contributed by atoms with Gasteiger partial charge in [-0.25, -0.2) is 9.18 Å². The Balaban J connectivity index is 1.56. The summed E-state index contributed by atoms with van der Waals surface area (Å²) in [5.41, 5.74) is -3.23. The van der Waals surface area contributed by atoms with Crippen LogP contribution in [-0.2, 0) is 15.8 Å². The lowest BCUT2D eigenvalue weighted by molar-refractivity contribution is -0.138. The molecule has 1 saturated carbocycles. The van der Waals surface area contributed by atoms with Crippen molar-refractivity contribution in [1.82, 2.24) is 10.3 Å². The minimum absolute atomic E-state index is 0.0349. The molecule has 1 saturated heterocycles. The van der Waals surface area contributed by atoms with E-state index in [-0.39, 0.29) is 32.8 Å². The van der Waals surface area contributed by atoms with E-state index in [4.69, 9.17) is 17.3 Å². The van der Waals surface area contributed by atoms with Crippen LogP contribution >= 0.6 is 24.0 Å². The van der Waals surface area contributed by atoms with Gasteiger partial charge in [-0.1, -0.05) is 0 Å². The zero-order valence-corrected chi connectivity index (χ0v) is 21.7. The molecule has 1 spiro atoms. The van der Waals surface area contributed by atoms with Crippen LogP contribution in [0.15, 0.2) is 35.5 Å². The van der Waals surface area contributed by atoms with Crippen LogP contribution in [-0.4, -0.2) is 62.4 Å². The van der Waals surface area contributed by atoms with Crippen LogP contribution in [0.3, 0.4) is 0 Å². The van der Waals surface area contributed by atoms with Crippen LogP contribution in [0.2, 0.25) is 0 Å². The first-order valence-electron chi connectivity index (χ1n) is 11.6. The summed E-state index contributed by atoms with van der Waals surface area (Å²) >= 11 is 6.40. The number of carboxylic acids is 1. The summed E-state index contributed by atoms with van der Waals surface area (Å²) in [6.45, 7) is 0. The van der Waals surface area contributed by atoms with Gasteiger partial charge in [0.2, 0.25) is 0 Å². The smallest absolute Gasteiger partial charge is 0.418 e. The molecule has 0 bridgehead atoms. The Morgan fingerprint density at radius 3 is 2.49 bits per heavy atom. The van der Waals surface area contributed by atoms with Crippen molar-refractivity contribution < 1.29 is 37.1 Å². The molecule has 1 atom stereocenters. The predicted octanol–water partition coefficient (Wildman–Crippen LogP) is 3.61. The molecule has 3 aliphatic rings. The first-order valence-corrected chi connectivity index (χ1v) is 13.0. The Kier molecular flexibility index (Phi) is 6.61. The summed E-state index contributed by atoms with van der Waals surface area (Å²) in [6.07, 6.45) is -2.53. The van der Waals surface area contributed by atoms with Gasteiger partial charge in [0, 0.05) is 18.5 Å². The Bertz CT molecular complexity index is 1460. The molecule has 39 heavy (non-hydrogen) atoms. The van der Waals surface area contributed by atoms with Gasteiger partial charge in [-0.2, -0.15) is 13.2 Å². The van der Waals surface area contributed by atoms with Crippen molar-refractivity contribution in [2.24, 2.45) is 4.99 Å². The van der Waals surface area contributed by atoms with E-state index in [9.17, 15) is 31.9 Å². The number of nitrogens with one attached hydrogen (secondary N) is 1. The third-order valence-electron chi connectivity index (χ3n) is 6.85. The minimum Gasteiger partial charge on any atom is -0.480 e. The third-order valence-corrected chi connectivity index (χ3v) is 8.27. The number of thiocarbonyl (C=S) groups is 1. The van der Waals surface area contributed by atoms with Crippen molar-refractivity contribution in [1.29, 1.82) is 0 Å². The first-order chi connectivity index (χ1) is 18.4. The van der Waals surface area contributed by atoms with E-state index in [1.54, 1.807) is 0 Å². The number of aliphatic imine (C=N–C) groups is 1. The first kappa shape index (κ1) is 27.0. The van der Waals surface area contributed by atoms with Crippen LogP contribution < -0.4 is 15.1 Å². The molecule has 2 amide bonds. The Morgan fingerprint density at radius 2 is 1.95 bits per heavy atom. The van der Waals surface area contributed by atoms with E-state index in [0.717, 1.165) is 35.0 Å². The van der Waals surface area contributed by atoms with Crippen LogP contribution in [0.25, 0.3) is 0 Å². The van der Waals surface area contributed by atoms with Gasteiger partial charge in [0.25, 0.3) is 11.8 Å². The van der Waals surface area contributed by atoms with Crippen molar-refractivity contribution in [3.63, 3.8) is 0 Å². The molecule has 2 fully saturated rings. The van der Waals surface area contributed by atoms with Gasteiger partial charge in [0.1, 0.15) is 22.1 Å². The monoisotopic (exact) mass is 581 g/mol. The average molecular weight is 582 g/mol. The SMILES string of the molecule is CNC(=O)c1ccc(N2C(=S)N(c3cnc(C4=NC(C(=O)O)CS4)c(C(F)(F)F)c3)C(=O)C23CCC3)cc1F. The second kappa shape index (κ2) is 9.55. The molecule has 1 aromatic carbocycles. The Labute approximate surface area is 228 Å². The summed E-state index contributed by atoms with van der Waals surface area (Å²) in [4.78, 5) is 47.0. The third kappa shape index (κ3) is 4.33. The van der Waals surface area contributed by atoms with Gasteiger partial charge >= 0.3 is 12.1 Å². The largest absolute Gasteiger partial charge is 0.480 e. The van der Waals surface area contributed by atoms with E-state index in [1.165, 1.54) is 24.1 Å². The number of carbonyl (C=O) groups is 3.